The first-order valence-electron chi connectivity index (χ1n) is 7.31. The molecule has 0 saturated carbocycles. The summed E-state index contributed by atoms with van der Waals surface area (Å²) in [6.07, 6.45) is 1.81. The molecule has 1 aliphatic heterocycles. The molecule has 1 saturated heterocycles. The minimum atomic E-state index is -0.163. The maximum absolute atomic E-state index is 11.7. The monoisotopic (exact) mass is 357 g/mol. The van der Waals surface area contributed by atoms with Crippen molar-refractivity contribution < 1.29 is 14.6 Å². The number of amides is 1. The highest BCUT2D eigenvalue weighted by Crippen LogP contribution is 2.26. The fraction of sp³-hybridized carbons (Fsp3) is 0.111. The van der Waals surface area contributed by atoms with Gasteiger partial charge in [0.05, 0.1) is 11.5 Å². The topological polar surface area (TPSA) is 58.6 Å². The number of para-hydroxylation sites is 1. The first-order chi connectivity index (χ1) is 11.7. The molecule has 2 N–H and O–H groups in total. The van der Waals surface area contributed by atoms with Gasteiger partial charge in [-0.15, -0.1) is 0 Å². The van der Waals surface area contributed by atoms with Gasteiger partial charge in [-0.25, -0.2) is 0 Å². The number of thiocarbonyl (C=S) groups is 1. The summed E-state index contributed by atoms with van der Waals surface area (Å²) >= 11 is 6.25. The Kier molecular flexibility index (Phi) is 5.30. The van der Waals surface area contributed by atoms with Crippen LogP contribution in [0.25, 0.3) is 6.08 Å². The number of thioether (sulfide) groups is 1. The molecule has 0 spiro atoms. The number of hydrogen-bond acceptors (Lipinski definition) is 5. The molecule has 0 aromatic heterocycles. The van der Waals surface area contributed by atoms with E-state index in [4.69, 9.17) is 17.0 Å². The van der Waals surface area contributed by atoms with Crippen LogP contribution in [0.4, 0.5) is 0 Å². The highest BCUT2D eigenvalue weighted by atomic mass is 32.2. The molecule has 2 aromatic carbocycles. The second kappa shape index (κ2) is 7.61. The minimum Gasteiger partial charge on any atom is -0.489 e. The number of aliphatic hydroxyl groups excluding tert-OH is 1. The van der Waals surface area contributed by atoms with Crippen molar-refractivity contribution in [2.45, 2.75) is 13.2 Å². The van der Waals surface area contributed by atoms with Gasteiger partial charge in [-0.05, 0) is 29.3 Å². The van der Waals surface area contributed by atoms with Crippen LogP contribution in [-0.4, -0.2) is 15.3 Å². The molecule has 0 atom stereocenters. The summed E-state index contributed by atoms with van der Waals surface area (Å²) in [6.45, 7) is 0.320. The second-order valence-corrected chi connectivity index (χ2v) is 6.87. The van der Waals surface area contributed by atoms with Gasteiger partial charge < -0.3 is 15.2 Å². The molecule has 0 radical (unpaired) electrons. The third-order valence-corrected chi connectivity index (χ3v) is 4.59. The van der Waals surface area contributed by atoms with Crippen LogP contribution in [-0.2, 0) is 18.0 Å². The first-order valence-corrected chi connectivity index (χ1v) is 8.53. The summed E-state index contributed by atoms with van der Waals surface area (Å²) in [4.78, 5) is 12.3. The number of carbonyl (C=O) groups excluding carboxylic acids is 1. The fourth-order valence-corrected chi connectivity index (χ4v) is 3.33. The van der Waals surface area contributed by atoms with Gasteiger partial charge in [-0.1, -0.05) is 60.4 Å². The second-order valence-electron chi connectivity index (χ2n) is 5.15. The maximum atomic E-state index is 11.7. The summed E-state index contributed by atoms with van der Waals surface area (Å²) in [5, 5.41) is 11.9. The van der Waals surface area contributed by atoms with Gasteiger partial charge in [0.1, 0.15) is 16.7 Å². The van der Waals surface area contributed by atoms with E-state index < -0.39 is 0 Å². The van der Waals surface area contributed by atoms with Crippen LogP contribution in [0.5, 0.6) is 5.75 Å². The number of benzene rings is 2. The Balaban J connectivity index is 1.73. The van der Waals surface area contributed by atoms with Gasteiger partial charge >= 0.3 is 0 Å². The van der Waals surface area contributed by atoms with E-state index in [0.29, 0.717) is 21.6 Å². The molecule has 1 heterocycles. The van der Waals surface area contributed by atoms with Crippen molar-refractivity contribution in [3.63, 3.8) is 0 Å². The van der Waals surface area contributed by atoms with E-state index in [0.717, 1.165) is 16.7 Å². The van der Waals surface area contributed by atoms with Crippen molar-refractivity contribution in [3.05, 3.63) is 70.1 Å². The highest BCUT2D eigenvalue weighted by molar-refractivity contribution is 8.26. The molecule has 0 aliphatic carbocycles. The smallest absolute Gasteiger partial charge is 0.263 e. The fourth-order valence-electron chi connectivity index (χ4n) is 2.28. The molecule has 122 valence electrons. The zero-order chi connectivity index (χ0) is 16.9. The van der Waals surface area contributed by atoms with Crippen LogP contribution in [0.15, 0.2) is 53.4 Å². The Labute approximate surface area is 149 Å². The van der Waals surface area contributed by atoms with E-state index in [1.165, 1.54) is 11.8 Å². The molecular formula is C18H15NO3S2. The number of ether oxygens (including phenoxy) is 1. The highest BCUT2D eigenvalue weighted by Gasteiger charge is 2.21. The Morgan fingerprint density at radius 1 is 1.21 bits per heavy atom. The van der Waals surface area contributed by atoms with Crippen molar-refractivity contribution in [2.75, 3.05) is 0 Å². The molecule has 0 unspecified atom stereocenters. The van der Waals surface area contributed by atoms with Gasteiger partial charge in [0.15, 0.2) is 0 Å². The minimum absolute atomic E-state index is 0.0610. The zero-order valence-corrected chi connectivity index (χ0v) is 14.3. The Hall–Kier alpha value is -2.15. The summed E-state index contributed by atoms with van der Waals surface area (Å²) in [7, 11) is 0. The van der Waals surface area contributed by atoms with Gasteiger partial charge in [-0.3, -0.25) is 4.79 Å². The van der Waals surface area contributed by atoms with Crippen molar-refractivity contribution in [1.82, 2.24) is 5.32 Å². The van der Waals surface area contributed by atoms with Crippen LogP contribution in [0.2, 0.25) is 0 Å². The van der Waals surface area contributed by atoms with Crippen molar-refractivity contribution in [2.24, 2.45) is 0 Å². The normalized spacial score (nSPS) is 15.6. The Morgan fingerprint density at radius 2 is 2.04 bits per heavy atom. The van der Waals surface area contributed by atoms with Gasteiger partial charge in [0.2, 0.25) is 0 Å². The maximum Gasteiger partial charge on any atom is 0.263 e. The predicted molar refractivity (Wildman–Crippen MR) is 99.4 cm³/mol. The van der Waals surface area contributed by atoms with Gasteiger partial charge in [0, 0.05) is 5.56 Å². The predicted octanol–water partition coefficient (Wildman–Crippen LogP) is 3.25. The molecule has 3 rings (SSSR count). The van der Waals surface area contributed by atoms with E-state index >= 15 is 0 Å². The Bertz CT molecular complexity index is 817. The lowest BCUT2D eigenvalue weighted by Gasteiger charge is -2.10. The number of hydrogen-bond donors (Lipinski definition) is 2. The van der Waals surface area contributed by atoms with Crippen molar-refractivity contribution in [3.8, 4) is 5.75 Å². The molecular weight excluding hydrogens is 342 g/mol. The zero-order valence-electron chi connectivity index (χ0n) is 12.7. The van der Waals surface area contributed by atoms with Gasteiger partial charge in [-0.2, -0.15) is 0 Å². The van der Waals surface area contributed by atoms with E-state index in [9.17, 15) is 9.90 Å². The van der Waals surface area contributed by atoms with E-state index in [2.05, 4.69) is 5.32 Å². The van der Waals surface area contributed by atoms with Crippen molar-refractivity contribution >= 4 is 40.3 Å². The molecule has 24 heavy (non-hydrogen) atoms. The Morgan fingerprint density at radius 3 is 2.79 bits per heavy atom. The summed E-state index contributed by atoms with van der Waals surface area (Å²) in [6, 6.07) is 15.1. The van der Waals surface area contributed by atoms with Crippen LogP contribution >= 0.6 is 24.0 Å². The lowest BCUT2D eigenvalue weighted by atomic mass is 10.1. The van der Waals surface area contributed by atoms with Gasteiger partial charge in [0.25, 0.3) is 5.91 Å². The summed E-state index contributed by atoms with van der Waals surface area (Å²) < 4.78 is 6.27. The average molecular weight is 357 g/mol. The summed E-state index contributed by atoms with van der Waals surface area (Å²) in [5.41, 5.74) is 2.64. The molecule has 1 fully saturated rings. The van der Waals surface area contributed by atoms with Crippen molar-refractivity contribution in [1.29, 1.82) is 0 Å². The summed E-state index contributed by atoms with van der Waals surface area (Å²) in [5.74, 6) is 0.503. The lowest BCUT2D eigenvalue weighted by Crippen LogP contribution is -2.17. The number of aliphatic hydroxyl groups is 1. The van der Waals surface area contributed by atoms with Crippen LogP contribution in [0.1, 0.15) is 16.7 Å². The standard InChI is InChI=1S/C18H15NO3S2/c20-10-14-6-1-2-7-15(14)22-11-13-5-3-4-12(8-13)9-16-17(21)19-18(23)24-16/h1-9,20H,10-11H2,(H,19,21,23). The molecule has 0 bridgehead atoms. The SMILES string of the molecule is O=C1NC(=S)SC1=Cc1cccc(COc2ccccc2CO)c1. The third kappa shape index (κ3) is 4.03. The van der Waals surface area contributed by atoms with E-state index in [1.807, 2.05) is 54.6 Å². The van der Waals surface area contributed by atoms with E-state index in [1.54, 1.807) is 0 Å². The third-order valence-electron chi connectivity index (χ3n) is 3.43. The number of carbonyl (C=O) groups is 1. The van der Waals surface area contributed by atoms with E-state index in [-0.39, 0.29) is 12.5 Å². The largest absolute Gasteiger partial charge is 0.489 e. The molecule has 1 aliphatic rings. The lowest BCUT2D eigenvalue weighted by molar-refractivity contribution is -0.115. The quantitative estimate of drug-likeness (QED) is 0.635. The molecule has 1 amide bonds. The van der Waals surface area contributed by atoms with Crippen LogP contribution in [0.3, 0.4) is 0 Å². The number of rotatable bonds is 5. The van der Waals surface area contributed by atoms with Crippen LogP contribution in [0, 0.1) is 0 Å². The first kappa shape index (κ1) is 16.7. The molecule has 2 aromatic rings. The molecule has 6 heteroatoms. The van der Waals surface area contributed by atoms with Crippen LogP contribution < -0.4 is 10.1 Å². The average Bonchev–Trinajstić information content (AvgIpc) is 2.91. The number of nitrogens with one attached hydrogen (secondary N) is 1. The molecule has 4 nitrogen and oxygen atoms in total.